The van der Waals surface area contributed by atoms with Crippen LogP contribution in [0.1, 0.15) is 37.7 Å². The maximum absolute atomic E-state index is 6.84. The summed E-state index contributed by atoms with van der Waals surface area (Å²) in [5.41, 5.74) is 8.03. The number of rotatable bonds is 1. The predicted octanol–water partition coefficient (Wildman–Crippen LogP) is 5.53. The molecule has 114 valence electrons. The van der Waals surface area contributed by atoms with Crippen LogP contribution in [0.4, 0.5) is 0 Å². The normalized spacial score (nSPS) is 17.3. The molecule has 2 N–H and O–H groups in total. The van der Waals surface area contributed by atoms with Gasteiger partial charge in [-0.2, -0.15) is 0 Å². The lowest BCUT2D eigenvalue weighted by Gasteiger charge is -2.35. The fraction of sp³-hybridized carbons (Fsp3) is 0.300. The van der Waals surface area contributed by atoms with Crippen LogP contribution in [0.3, 0.4) is 0 Å². The smallest absolute Gasteiger partial charge is 0.0416 e. The molecule has 0 radical (unpaired) electrons. The average molecular weight is 312 g/mol. The second-order valence-corrected chi connectivity index (χ2v) is 6.41. The van der Waals surface area contributed by atoms with Gasteiger partial charge in [0.25, 0.3) is 0 Å². The molecule has 3 aromatic rings. The Bertz CT molecular complexity index is 803. The minimum absolute atomic E-state index is 0. The molecule has 0 bridgehead atoms. The van der Waals surface area contributed by atoms with Gasteiger partial charge in [0.1, 0.15) is 0 Å². The third kappa shape index (κ3) is 2.39. The summed E-state index contributed by atoms with van der Waals surface area (Å²) in [7, 11) is 0. The third-order valence-corrected chi connectivity index (χ3v) is 5.05. The summed E-state index contributed by atoms with van der Waals surface area (Å²) < 4.78 is 0. The molecule has 1 saturated carbocycles. The largest absolute Gasteiger partial charge is 0.321 e. The van der Waals surface area contributed by atoms with Crippen LogP contribution < -0.4 is 5.73 Å². The van der Waals surface area contributed by atoms with E-state index in [1.54, 1.807) is 0 Å². The summed E-state index contributed by atoms with van der Waals surface area (Å²) in [4.78, 5) is 0. The maximum Gasteiger partial charge on any atom is 0.0416 e. The molecule has 22 heavy (non-hydrogen) atoms. The van der Waals surface area contributed by atoms with Crippen molar-refractivity contribution < 1.29 is 0 Å². The highest BCUT2D eigenvalue weighted by atomic mass is 35.5. The fourth-order valence-corrected chi connectivity index (χ4v) is 3.92. The van der Waals surface area contributed by atoms with E-state index in [0.717, 1.165) is 12.8 Å². The van der Waals surface area contributed by atoms with Gasteiger partial charge in [0.05, 0.1) is 0 Å². The number of nitrogens with two attached hydrogens (primary N) is 1. The zero-order valence-electron chi connectivity index (χ0n) is 12.7. The fourth-order valence-electron chi connectivity index (χ4n) is 3.92. The summed E-state index contributed by atoms with van der Waals surface area (Å²) in [5, 5.41) is 5.31. The average Bonchev–Trinajstić information content (AvgIpc) is 2.55. The molecular formula is C20H22ClN. The van der Waals surface area contributed by atoms with Gasteiger partial charge in [-0.05, 0) is 46.0 Å². The van der Waals surface area contributed by atoms with Crippen molar-refractivity contribution >= 4 is 34.0 Å². The lowest BCUT2D eigenvalue weighted by molar-refractivity contribution is 0.305. The first-order valence-electron chi connectivity index (χ1n) is 7.98. The van der Waals surface area contributed by atoms with Gasteiger partial charge in [0.2, 0.25) is 0 Å². The Labute approximate surface area is 137 Å². The first-order valence-corrected chi connectivity index (χ1v) is 7.98. The Morgan fingerprint density at radius 2 is 1.32 bits per heavy atom. The first kappa shape index (κ1) is 15.3. The Morgan fingerprint density at radius 1 is 0.727 bits per heavy atom. The van der Waals surface area contributed by atoms with Crippen molar-refractivity contribution in [2.45, 2.75) is 37.6 Å². The summed E-state index contributed by atoms with van der Waals surface area (Å²) in [6, 6.07) is 19.7. The Kier molecular flexibility index (Phi) is 4.12. The van der Waals surface area contributed by atoms with Crippen molar-refractivity contribution in [2.24, 2.45) is 5.73 Å². The van der Waals surface area contributed by atoms with Crippen LogP contribution in [-0.2, 0) is 5.54 Å². The van der Waals surface area contributed by atoms with Gasteiger partial charge in [-0.25, -0.2) is 0 Å². The molecule has 0 atom stereocenters. The highest BCUT2D eigenvalue weighted by Crippen LogP contribution is 2.40. The molecule has 1 fully saturated rings. The highest BCUT2D eigenvalue weighted by Gasteiger charge is 2.31. The lowest BCUT2D eigenvalue weighted by Crippen LogP contribution is -2.38. The van der Waals surface area contributed by atoms with Gasteiger partial charge in [-0.15, -0.1) is 12.4 Å². The van der Waals surface area contributed by atoms with E-state index in [-0.39, 0.29) is 17.9 Å². The summed E-state index contributed by atoms with van der Waals surface area (Å²) in [6.45, 7) is 0. The second-order valence-electron chi connectivity index (χ2n) is 6.41. The second kappa shape index (κ2) is 5.91. The molecule has 0 amide bonds. The van der Waals surface area contributed by atoms with E-state index in [0.29, 0.717) is 0 Å². The molecule has 0 aromatic heterocycles. The van der Waals surface area contributed by atoms with Crippen LogP contribution in [0.15, 0.2) is 54.6 Å². The minimum Gasteiger partial charge on any atom is -0.321 e. The van der Waals surface area contributed by atoms with E-state index in [4.69, 9.17) is 5.73 Å². The van der Waals surface area contributed by atoms with Gasteiger partial charge < -0.3 is 5.73 Å². The van der Waals surface area contributed by atoms with Crippen LogP contribution in [0.2, 0.25) is 0 Å². The number of halogens is 1. The van der Waals surface area contributed by atoms with Crippen molar-refractivity contribution in [3.63, 3.8) is 0 Å². The highest BCUT2D eigenvalue weighted by molar-refractivity contribution is 6.09. The zero-order valence-corrected chi connectivity index (χ0v) is 13.5. The SMILES string of the molecule is Cl.NC1(c2cc3ccccc3c3ccccc23)CCCCC1. The topological polar surface area (TPSA) is 26.0 Å². The molecule has 0 aliphatic heterocycles. The predicted molar refractivity (Wildman–Crippen MR) is 97.7 cm³/mol. The monoisotopic (exact) mass is 311 g/mol. The molecule has 3 aromatic carbocycles. The van der Waals surface area contributed by atoms with Gasteiger partial charge in [0.15, 0.2) is 0 Å². The van der Waals surface area contributed by atoms with Crippen LogP contribution in [0.5, 0.6) is 0 Å². The lowest BCUT2D eigenvalue weighted by atomic mass is 9.75. The maximum atomic E-state index is 6.84. The molecule has 1 aliphatic carbocycles. The zero-order chi connectivity index (χ0) is 14.3. The van der Waals surface area contributed by atoms with Gasteiger partial charge in [-0.3, -0.25) is 0 Å². The van der Waals surface area contributed by atoms with Crippen LogP contribution in [0.25, 0.3) is 21.5 Å². The summed E-state index contributed by atoms with van der Waals surface area (Å²) in [6.07, 6.45) is 6.03. The van der Waals surface area contributed by atoms with E-state index in [9.17, 15) is 0 Å². The molecule has 4 rings (SSSR count). The Balaban J connectivity index is 0.00000144. The Morgan fingerprint density at radius 3 is 2.05 bits per heavy atom. The van der Waals surface area contributed by atoms with Crippen molar-refractivity contribution in [1.29, 1.82) is 0 Å². The Hall–Kier alpha value is -1.57. The van der Waals surface area contributed by atoms with Gasteiger partial charge >= 0.3 is 0 Å². The molecule has 0 saturated heterocycles. The first-order chi connectivity index (χ1) is 10.3. The number of hydrogen-bond acceptors (Lipinski definition) is 1. The van der Waals surface area contributed by atoms with E-state index >= 15 is 0 Å². The molecule has 1 aliphatic rings. The standard InChI is InChI=1S/C20H21N.ClH/c21-20(12-6-1-7-13-20)19-14-15-8-2-3-9-16(15)17-10-4-5-11-18(17)19;/h2-5,8-11,14H,1,6-7,12-13,21H2;1H. The minimum atomic E-state index is -0.151. The van der Waals surface area contributed by atoms with Crippen LogP contribution >= 0.6 is 12.4 Å². The van der Waals surface area contributed by atoms with E-state index < -0.39 is 0 Å². The van der Waals surface area contributed by atoms with E-state index in [1.165, 1.54) is 46.4 Å². The van der Waals surface area contributed by atoms with Crippen LogP contribution in [-0.4, -0.2) is 0 Å². The van der Waals surface area contributed by atoms with Crippen molar-refractivity contribution in [1.82, 2.24) is 0 Å². The molecular weight excluding hydrogens is 290 g/mol. The van der Waals surface area contributed by atoms with E-state index in [1.807, 2.05) is 0 Å². The molecule has 1 nitrogen and oxygen atoms in total. The molecule has 0 spiro atoms. The molecule has 0 heterocycles. The molecule has 2 heteroatoms. The number of benzene rings is 3. The van der Waals surface area contributed by atoms with E-state index in [2.05, 4.69) is 54.6 Å². The summed E-state index contributed by atoms with van der Waals surface area (Å²) >= 11 is 0. The number of hydrogen-bond donors (Lipinski definition) is 1. The summed E-state index contributed by atoms with van der Waals surface area (Å²) in [5.74, 6) is 0. The van der Waals surface area contributed by atoms with Gasteiger partial charge in [-0.1, -0.05) is 67.8 Å². The van der Waals surface area contributed by atoms with Crippen molar-refractivity contribution in [3.8, 4) is 0 Å². The molecule has 0 unspecified atom stereocenters. The van der Waals surface area contributed by atoms with Gasteiger partial charge in [0, 0.05) is 5.54 Å². The number of fused-ring (bicyclic) bond motifs is 3. The van der Waals surface area contributed by atoms with Crippen LogP contribution in [0, 0.1) is 0 Å². The third-order valence-electron chi connectivity index (χ3n) is 5.05. The van der Waals surface area contributed by atoms with Crippen molar-refractivity contribution in [3.05, 3.63) is 60.2 Å². The quantitative estimate of drug-likeness (QED) is 0.587. The van der Waals surface area contributed by atoms with Crippen molar-refractivity contribution in [2.75, 3.05) is 0 Å².